The standard InChI is InChI=1S/C22H24N4O5/c1-28-16-8-6-14(7-9-16)20-24-21(31-25-20)19-5-4-10-26(19)22(27)23-15-11-17(29-2)13-18(12-15)30-3/h6-9,11-13,19H,4-5,10H2,1-3H3,(H,23,27)/t19-/m1/s1. The van der Waals surface area contributed by atoms with Gasteiger partial charge in [0.2, 0.25) is 11.7 Å². The molecule has 2 amide bonds. The highest BCUT2D eigenvalue weighted by molar-refractivity contribution is 5.90. The van der Waals surface area contributed by atoms with Crippen LogP contribution in [0.5, 0.6) is 17.2 Å². The number of benzene rings is 2. The molecule has 0 bridgehead atoms. The summed E-state index contributed by atoms with van der Waals surface area (Å²) in [4.78, 5) is 19.2. The van der Waals surface area contributed by atoms with Gasteiger partial charge in [-0.15, -0.1) is 0 Å². The molecule has 3 aromatic rings. The van der Waals surface area contributed by atoms with E-state index in [-0.39, 0.29) is 12.1 Å². The zero-order valence-corrected chi connectivity index (χ0v) is 17.6. The number of nitrogens with one attached hydrogen (secondary N) is 1. The minimum Gasteiger partial charge on any atom is -0.497 e. The van der Waals surface area contributed by atoms with Crippen LogP contribution in [0.15, 0.2) is 47.0 Å². The average molecular weight is 424 g/mol. The fraction of sp³-hybridized carbons (Fsp3) is 0.318. The van der Waals surface area contributed by atoms with Crippen LogP contribution in [0.1, 0.15) is 24.8 Å². The molecule has 1 atom stereocenters. The number of likely N-dealkylation sites (tertiary alicyclic amines) is 1. The highest BCUT2D eigenvalue weighted by atomic mass is 16.5. The Bertz CT molecular complexity index is 1030. The number of hydrogen-bond donors (Lipinski definition) is 1. The Morgan fingerprint density at radius 1 is 1.03 bits per heavy atom. The molecule has 0 aliphatic carbocycles. The molecule has 9 heteroatoms. The van der Waals surface area contributed by atoms with E-state index in [2.05, 4.69) is 15.5 Å². The number of amides is 2. The number of urea groups is 1. The topological polar surface area (TPSA) is 99.0 Å². The van der Waals surface area contributed by atoms with Crippen molar-refractivity contribution >= 4 is 11.7 Å². The third kappa shape index (κ3) is 4.40. The molecule has 9 nitrogen and oxygen atoms in total. The molecule has 2 heterocycles. The van der Waals surface area contributed by atoms with Gasteiger partial charge in [-0.25, -0.2) is 4.79 Å². The molecule has 1 N–H and O–H groups in total. The third-order valence-electron chi connectivity index (χ3n) is 5.19. The number of nitrogens with zero attached hydrogens (tertiary/aromatic N) is 3. The molecular weight excluding hydrogens is 400 g/mol. The van der Waals surface area contributed by atoms with Gasteiger partial charge >= 0.3 is 6.03 Å². The van der Waals surface area contributed by atoms with Gasteiger partial charge in [-0.3, -0.25) is 0 Å². The van der Waals surface area contributed by atoms with Crippen LogP contribution >= 0.6 is 0 Å². The normalized spacial score (nSPS) is 15.6. The van der Waals surface area contributed by atoms with Crippen molar-refractivity contribution in [1.29, 1.82) is 0 Å². The number of hydrogen-bond acceptors (Lipinski definition) is 7. The van der Waals surface area contributed by atoms with Crippen LogP contribution < -0.4 is 19.5 Å². The van der Waals surface area contributed by atoms with Gasteiger partial charge in [0.1, 0.15) is 23.3 Å². The molecule has 1 aliphatic rings. The van der Waals surface area contributed by atoms with Gasteiger partial charge in [0.15, 0.2) is 0 Å². The van der Waals surface area contributed by atoms with E-state index in [0.29, 0.717) is 35.4 Å². The largest absolute Gasteiger partial charge is 0.497 e. The second-order valence-corrected chi connectivity index (χ2v) is 7.07. The van der Waals surface area contributed by atoms with Gasteiger partial charge in [-0.2, -0.15) is 4.98 Å². The van der Waals surface area contributed by atoms with E-state index in [1.54, 1.807) is 44.4 Å². The Morgan fingerprint density at radius 2 is 1.71 bits per heavy atom. The maximum atomic E-state index is 13.0. The predicted molar refractivity (Wildman–Crippen MR) is 114 cm³/mol. The lowest BCUT2D eigenvalue weighted by atomic mass is 10.2. The van der Waals surface area contributed by atoms with Crippen LogP contribution in [0, 0.1) is 0 Å². The van der Waals surface area contributed by atoms with E-state index >= 15 is 0 Å². The van der Waals surface area contributed by atoms with Crippen LogP contribution in [0.25, 0.3) is 11.4 Å². The molecule has 162 valence electrons. The van der Waals surface area contributed by atoms with Crippen molar-refractivity contribution in [3.8, 4) is 28.6 Å². The van der Waals surface area contributed by atoms with Crippen molar-refractivity contribution in [2.45, 2.75) is 18.9 Å². The minimum atomic E-state index is -0.285. The smallest absolute Gasteiger partial charge is 0.322 e. The van der Waals surface area contributed by atoms with Crippen LogP contribution in [0.4, 0.5) is 10.5 Å². The van der Waals surface area contributed by atoms with E-state index in [1.165, 1.54) is 0 Å². The van der Waals surface area contributed by atoms with Crippen molar-refractivity contribution in [2.24, 2.45) is 0 Å². The summed E-state index contributed by atoms with van der Waals surface area (Å²) in [6.45, 7) is 0.595. The maximum absolute atomic E-state index is 13.0. The maximum Gasteiger partial charge on any atom is 0.322 e. The van der Waals surface area contributed by atoms with Crippen LogP contribution in [-0.4, -0.2) is 48.9 Å². The van der Waals surface area contributed by atoms with Gasteiger partial charge in [0, 0.05) is 36.0 Å². The number of aromatic nitrogens is 2. The Labute approximate surface area is 179 Å². The first kappa shape index (κ1) is 20.5. The SMILES string of the molecule is COc1ccc(-c2noc([C@H]3CCCN3C(=O)Nc3cc(OC)cc(OC)c3)n2)cc1. The fourth-order valence-corrected chi connectivity index (χ4v) is 3.57. The van der Waals surface area contributed by atoms with Gasteiger partial charge in [-0.1, -0.05) is 5.16 Å². The Kier molecular flexibility index (Phi) is 5.92. The molecule has 0 saturated carbocycles. The zero-order valence-electron chi connectivity index (χ0n) is 17.6. The number of methoxy groups -OCH3 is 3. The summed E-state index contributed by atoms with van der Waals surface area (Å²) in [5.41, 5.74) is 1.39. The van der Waals surface area contributed by atoms with Crippen LogP contribution in [0.2, 0.25) is 0 Å². The third-order valence-corrected chi connectivity index (χ3v) is 5.19. The molecule has 0 spiro atoms. The quantitative estimate of drug-likeness (QED) is 0.635. The van der Waals surface area contributed by atoms with Crippen LogP contribution in [-0.2, 0) is 0 Å². The van der Waals surface area contributed by atoms with E-state index in [0.717, 1.165) is 24.2 Å². The number of anilines is 1. The van der Waals surface area contributed by atoms with Crippen molar-refractivity contribution in [3.63, 3.8) is 0 Å². The molecule has 1 aromatic heterocycles. The first-order valence-electron chi connectivity index (χ1n) is 9.90. The lowest BCUT2D eigenvalue weighted by Gasteiger charge is -2.22. The summed E-state index contributed by atoms with van der Waals surface area (Å²) in [6.07, 6.45) is 1.60. The first-order chi connectivity index (χ1) is 15.1. The summed E-state index contributed by atoms with van der Waals surface area (Å²) >= 11 is 0. The second-order valence-electron chi connectivity index (χ2n) is 7.07. The van der Waals surface area contributed by atoms with E-state index in [1.807, 2.05) is 24.3 Å². The monoisotopic (exact) mass is 424 g/mol. The van der Waals surface area contributed by atoms with Crippen LogP contribution in [0.3, 0.4) is 0 Å². The highest BCUT2D eigenvalue weighted by Gasteiger charge is 2.34. The number of rotatable bonds is 6. The highest BCUT2D eigenvalue weighted by Crippen LogP contribution is 2.33. The Morgan fingerprint density at radius 3 is 2.35 bits per heavy atom. The van der Waals surface area contributed by atoms with Crippen molar-refractivity contribution in [2.75, 3.05) is 33.2 Å². The molecule has 1 saturated heterocycles. The number of ether oxygens (including phenoxy) is 3. The Balaban J connectivity index is 1.50. The van der Waals surface area contributed by atoms with Crippen molar-refractivity contribution in [3.05, 3.63) is 48.4 Å². The summed E-state index contributed by atoms with van der Waals surface area (Å²) in [7, 11) is 4.74. The molecule has 0 radical (unpaired) electrons. The first-order valence-corrected chi connectivity index (χ1v) is 9.90. The average Bonchev–Trinajstić information content (AvgIpc) is 3.48. The van der Waals surface area contributed by atoms with E-state index in [4.69, 9.17) is 18.7 Å². The summed E-state index contributed by atoms with van der Waals surface area (Å²) < 4.78 is 21.2. The van der Waals surface area contributed by atoms with Gasteiger partial charge in [0.05, 0.1) is 21.3 Å². The lowest BCUT2D eigenvalue weighted by Crippen LogP contribution is -2.34. The van der Waals surface area contributed by atoms with Gasteiger partial charge < -0.3 is 29.0 Å². The molecule has 1 fully saturated rings. The lowest BCUT2D eigenvalue weighted by molar-refractivity contribution is 0.193. The van der Waals surface area contributed by atoms with Gasteiger partial charge in [0.25, 0.3) is 0 Å². The molecule has 1 aliphatic heterocycles. The molecule has 2 aromatic carbocycles. The molecule has 4 rings (SSSR count). The van der Waals surface area contributed by atoms with Gasteiger partial charge in [-0.05, 0) is 37.1 Å². The predicted octanol–water partition coefficient (Wildman–Crippen LogP) is 4.13. The summed E-state index contributed by atoms with van der Waals surface area (Å²) in [5, 5.41) is 7.00. The van der Waals surface area contributed by atoms with E-state index < -0.39 is 0 Å². The molecule has 0 unspecified atom stereocenters. The van der Waals surface area contributed by atoms with Crippen molar-refractivity contribution in [1.82, 2.24) is 15.0 Å². The Hall–Kier alpha value is -3.75. The number of carbonyl (C=O) groups is 1. The summed E-state index contributed by atoms with van der Waals surface area (Å²) in [6, 6.07) is 12.1. The fourth-order valence-electron chi connectivity index (χ4n) is 3.57. The zero-order chi connectivity index (χ0) is 21.8. The summed E-state index contributed by atoms with van der Waals surface area (Å²) in [5.74, 6) is 2.83. The number of carbonyl (C=O) groups excluding carboxylic acids is 1. The minimum absolute atomic E-state index is 0.248. The molecular formula is C22H24N4O5. The van der Waals surface area contributed by atoms with E-state index in [9.17, 15) is 4.79 Å². The second kappa shape index (κ2) is 8.95. The molecule has 31 heavy (non-hydrogen) atoms. The van der Waals surface area contributed by atoms with Crippen molar-refractivity contribution < 1.29 is 23.5 Å².